The summed E-state index contributed by atoms with van der Waals surface area (Å²) in [7, 11) is 3.97. The van der Waals surface area contributed by atoms with Crippen LogP contribution in [0.3, 0.4) is 0 Å². The Morgan fingerprint density at radius 1 is 0.881 bits per heavy atom. The Balaban J connectivity index is 1.26. The molecule has 0 saturated heterocycles. The molecule has 212 valence electrons. The molecule has 2 aromatic carbocycles. The number of fused-ring (bicyclic) bond motifs is 2. The fourth-order valence-electron chi connectivity index (χ4n) is 6.25. The summed E-state index contributed by atoms with van der Waals surface area (Å²) in [6.07, 6.45) is 6.95. The lowest BCUT2D eigenvalue weighted by molar-refractivity contribution is 0.150. The first-order valence-electron chi connectivity index (χ1n) is 14.7. The normalized spacial score (nSPS) is 16.9. The number of rotatable bonds is 8. The summed E-state index contributed by atoms with van der Waals surface area (Å²) < 4.78 is 5.80. The van der Waals surface area contributed by atoms with Gasteiger partial charge in [-0.2, -0.15) is 10.2 Å². The number of aromatic nitrogens is 7. The van der Waals surface area contributed by atoms with E-state index in [4.69, 9.17) is 15.1 Å². The molecule has 8 rings (SSSR count). The fraction of sp³-hybridized carbons (Fsp3) is 0.333. The number of hydrogen-bond donors (Lipinski definition) is 2. The van der Waals surface area contributed by atoms with Gasteiger partial charge in [0.2, 0.25) is 0 Å². The van der Waals surface area contributed by atoms with Gasteiger partial charge in [0.1, 0.15) is 5.82 Å². The molecule has 2 aliphatic rings. The van der Waals surface area contributed by atoms with Crippen LogP contribution >= 0.6 is 0 Å². The molecule has 9 nitrogen and oxygen atoms in total. The van der Waals surface area contributed by atoms with Crippen molar-refractivity contribution in [2.45, 2.75) is 50.4 Å². The van der Waals surface area contributed by atoms with Crippen LogP contribution in [0.25, 0.3) is 44.6 Å². The van der Waals surface area contributed by atoms with Crippen molar-refractivity contribution in [3.63, 3.8) is 0 Å². The quantitative estimate of drug-likeness (QED) is 0.257. The Labute approximate surface area is 243 Å². The maximum atomic E-state index is 11.3. The third-order valence-corrected chi connectivity index (χ3v) is 8.73. The third-order valence-electron chi connectivity index (χ3n) is 8.73. The standard InChI is InChI=1S/C33H33N7O2/c1-38-16-22-15-24(29(34-32(22)37-38)31(42)21-13-14-21)33-35-28(30(39(33)2)20-11-12-20)23-9-6-10-26-25(23)17-40(36-26)18-27(41)19-7-4-3-5-8-19/h3-10,15-17,20-21,27,31,41-42H,11-14,18H2,1-2H3/t27-,31?/m0/s1. The van der Waals surface area contributed by atoms with Crippen LogP contribution in [0, 0.1) is 5.92 Å². The van der Waals surface area contributed by atoms with Crippen LogP contribution in [0.5, 0.6) is 0 Å². The van der Waals surface area contributed by atoms with Crippen molar-refractivity contribution in [2.24, 2.45) is 20.0 Å². The Morgan fingerprint density at radius 2 is 1.69 bits per heavy atom. The SMILES string of the molecule is Cn1cc2cc(-c3nc(-c4cccc5nn(C[C@H](O)c6ccccc6)cc45)c(C4CC4)n3C)c(C(O)C3CC3)nc2n1. The number of aliphatic hydroxyl groups excluding tert-OH is 2. The van der Waals surface area contributed by atoms with Crippen molar-refractivity contribution >= 4 is 21.9 Å². The molecule has 2 N–H and O–H groups in total. The van der Waals surface area contributed by atoms with Gasteiger partial charge in [-0.05, 0) is 49.3 Å². The van der Waals surface area contributed by atoms with Crippen LogP contribution in [0.15, 0.2) is 67.0 Å². The molecule has 0 radical (unpaired) electrons. The van der Waals surface area contributed by atoms with E-state index in [0.29, 0.717) is 23.8 Å². The Kier molecular flexibility index (Phi) is 5.80. The van der Waals surface area contributed by atoms with Gasteiger partial charge in [0.05, 0.1) is 35.7 Å². The summed E-state index contributed by atoms with van der Waals surface area (Å²) in [6.45, 7) is 0.361. The highest BCUT2D eigenvalue weighted by atomic mass is 16.3. The predicted molar refractivity (Wildman–Crippen MR) is 160 cm³/mol. The molecule has 2 fully saturated rings. The molecule has 0 aliphatic heterocycles. The first-order valence-corrected chi connectivity index (χ1v) is 14.7. The molecule has 4 heterocycles. The highest BCUT2D eigenvalue weighted by molar-refractivity contribution is 5.95. The van der Waals surface area contributed by atoms with E-state index >= 15 is 0 Å². The van der Waals surface area contributed by atoms with E-state index in [1.165, 1.54) is 5.69 Å². The third kappa shape index (κ3) is 4.31. The number of benzene rings is 2. The van der Waals surface area contributed by atoms with E-state index < -0.39 is 12.2 Å². The molecular formula is C33H33N7O2. The van der Waals surface area contributed by atoms with Crippen molar-refractivity contribution in [2.75, 3.05) is 0 Å². The molecule has 42 heavy (non-hydrogen) atoms. The molecule has 9 heteroatoms. The van der Waals surface area contributed by atoms with Crippen LogP contribution in [0.4, 0.5) is 0 Å². The molecule has 2 saturated carbocycles. The van der Waals surface area contributed by atoms with Gasteiger partial charge < -0.3 is 14.8 Å². The van der Waals surface area contributed by atoms with Gasteiger partial charge in [-0.25, -0.2) is 9.97 Å². The van der Waals surface area contributed by atoms with Gasteiger partial charge in [0.25, 0.3) is 0 Å². The number of imidazole rings is 1. The number of pyridine rings is 1. The summed E-state index contributed by atoms with van der Waals surface area (Å²) in [5.74, 6) is 1.47. The zero-order valence-electron chi connectivity index (χ0n) is 23.7. The second-order valence-corrected chi connectivity index (χ2v) is 11.9. The van der Waals surface area contributed by atoms with Crippen LogP contribution in [0.2, 0.25) is 0 Å². The largest absolute Gasteiger partial charge is 0.386 e. The molecule has 4 aromatic heterocycles. The van der Waals surface area contributed by atoms with Gasteiger partial charge in [-0.1, -0.05) is 42.5 Å². The Hall–Kier alpha value is -4.34. The first-order chi connectivity index (χ1) is 20.4. The van der Waals surface area contributed by atoms with Crippen molar-refractivity contribution in [1.82, 2.24) is 34.1 Å². The summed E-state index contributed by atoms with van der Waals surface area (Å²) in [4.78, 5) is 10.2. The van der Waals surface area contributed by atoms with E-state index in [1.807, 2.05) is 66.6 Å². The van der Waals surface area contributed by atoms with Crippen LogP contribution in [0.1, 0.15) is 60.8 Å². The molecule has 0 bridgehead atoms. The van der Waals surface area contributed by atoms with Gasteiger partial charge in [0, 0.05) is 60.0 Å². The van der Waals surface area contributed by atoms with E-state index in [2.05, 4.69) is 28.8 Å². The number of aliphatic hydroxyl groups is 2. The minimum Gasteiger partial charge on any atom is -0.386 e. The number of hydrogen-bond acceptors (Lipinski definition) is 6. The van der Waals surface area contributed by atoms with Gasteiger partial charge >= 0.3 is 0 Å². The fourth-order valence-corrected chi connectivity index (χ4v) is 6.25. The van der Waals surface area contributed by atoms with Crippen LogP contribution in [-0.2, 0) is 20.6 Å². The summed E-state index contributed by atoms with van der Waals surface area (Å²) in [5, 5.41) is 33.4. The molecule has 2 aliphatic carbocycles. The van der Waals surface area contributed by atoms with Gasteiger partial charge in [0.15, 0.2) is 5.65 Å². The second-order valence-electron chi connectivity index (χ2n) is 11.9. The highest BCUT2D eigenvalue weighted by Crippen LogP contribution is 2.48. The van der Waals surface area contributed by atoms with E-state index in [9.17, 15) is 10.2 Å². The zero-order chi connectivity index (χ0) is 28.5. The topological polar surface area (TPSA) is 107 Å². The van der Waals surface area contributed by atoms with Crippen molar-refractivity contribution in [3.05, 3.63) is 83.9 Å². The van der Waals surface area contributed by atoms with Crippen LogP contribution in [-0.4, -0.2) is 44.3 Å². The lowest BCUT2D eigenvalue weighted by atomic mass is 10.0. The molecule has 6 aromatic rings. The Morgan fingerprint density at radius 3 is 2.45 bits per heavy atom. The maximum absolute atomic E-state index is 11.3. The highest BCUT2D eigenvalue weighted by Gasteiger charge is 2.37. The van der Waals surface area contributed by atoms with Crippen molar-refractivity contribution in [1.29, 1.82) is 0 Å². The molecular weight excluding hydrogens is 526 g/mol. The molecule has 0 spiro atoms. The minimum absolute atomic E-state index is 0.228. The van der Waals surface area contributed by atoms with Gasteiger partial charge in [-0.15, -0.1) is 0 Å². The van der Waals surface area contributed by atoms with E-state index in [0.717, 1.165) is 70.2 Å². The van der Waals surface area contributed by atoms with Crippen molar-refractivity contribution < 1.29 is 10.2 Å². The van der Waals surface area contributed by atoms with Crippen molar-refractivity contribution in [3.8, 4) is 22.6 Å². The lowest BCUT2D eigenvalue weighted by Crippen LogP contribution is -2.08. The van der Waals surface area contributed by atoms with E-state index in [1.54, 1.807) is 4.68 Å². The first kappa shape index (κ1) is 25.4. The predicted octanol–water partition coefficient (Wildman–Crippen LogP) is 5.44. The second kappa shape index (κ2) is 9.61. The van der Waals surface area contributed by atoms with Crippen LogP contribution < -0.4 is 0 Å². The Bertz CT molecular complexity index is 1950. The lowest BCUT2D eigenvalue weighted by Gasteiger charge is -2.14. The minimum atomic E-state index is -0.654. The monoisotopic (exact) mass is 559 g/mol. The van der Waals surface area contributed by atoms with Gasteiger partial charge in [-0.3, -0.25) is 9.36 Å². The smallest absolute Gasteiger partial charge is 0.181 e. The van der Waals surface area contributed by atoms with E-state index in [-0.39, 0.29) is 5.92 Å². The number of nitrogens with zero attached hydrogens (tertiary/aromatic N) is 7. The average Bonchev–Trinajstić information content (AvgIpc) is 3.91. The molecule has 1 unspecified atom stereocenters. The summed E-state index contributed by atoms with van der Waals surface area (Å²) in [5.41, 5.74) is 7.07. The summed E-state index contributed by atoms with van der Waals surface area (Å²) >= 11 is 0. The summed E-state index contributed by atoms with van der Waals surface area (Å²) in [6, 6.07) is 17.9. The zero-order valence-corrected chi connectivity index (χ0v) is 23.7. The molecule has 0 amide bonds. The number of aryl methyl sites for hydroxylation is 1. The molecule has 2 atom stereocenters. The maximum Gasteiger partial charge on any atom is 0.181 e. The average molecular weight is 560 g/mol.